The molecule has 14 heavy (non-hydrogen) atoms. The third-order valence-corrected chi connectivity index (χ3v) is 1.93. The van der Waals surface area contributed by atoms with Gasteiger partial charge in [-0.05, 0) is 19.1 Å². The summed E-state index contributed by atoms with van der Waals surface area (Å²) in [6.45, 7) is 1.39. The minimum Gasteiger partial charge on any atom is -0.394 e. The van der Waals surface area contributed by atoms with Crippen molar-refractivity contribution in [2.24, 2.45) is 0 Å². The standard InChI is InChI=1S/C9H15N3O2/c1-9(5-13,6-14)12-7-2-3-8(10)11-4-7/h2-4,12-14H,5-6H2,1H3,(H2,10,11). The fraction of sp³-hybridized carbons (Fsp3) is 0.444. The predicted molar refractivity (Wildman–Crippen MR) is 54.8 cm³/mol. The van der Waals surface area contributed by atoms with Crippen molar-refractivity contribution in [3.8, 4) is 0 Å². The smallest absolute Gasteiger partial charge is 0.123 e. The van der Waals surface area contributed by atoms with Crippen LogP contribution in [-0.2, 0) is 0 Å². The molecule has 5 heteroatoms. The maximum absolute atomic E-state index is 9.03. The first-order valence-electron chi connectivity index (χ1n) is 4.31. The maximum Gasteiger partial charge on any atom is 0.123 e. The number of hydrogen-bond donors (Lipinski definition) is 4. The molecule has 0 saturated heterocycles. The topological polar surface area (TPSA) is 91.4 Å². The van der Waals surface area contributed by atoms with E-state index < -0.39 is 5.54 Å². The van der Waals surface area contributed by atoms with Gasteiger partial charge in [0, 0.05) is 0 Å². The van der Waals surface area contributed by atoms with Crippen LogP contribution in [0.5, 0.6) is 0 Å². The number of nitrogens with zero attached hydrogens (tertiary/aromatic N) is 1. The molecule has 0 aromatic carbocycles. The van der Waals surface area contributed by atoms with Gasteiger partial charge in [0.2, 0.25) is 0 Å². The lowest BCUT2D eigenvalue weighted by molar-refractivity contribution is 0.147. The van der Waals surface area contributed by atoms with Gasteiger partial charge in [0.1, 0.15) is 5.82 Å². The molecular weight excluding hydrogens is 182 g/mol. The van der Waals surface area contributed by atoms with Gasteiger partial charge in [-0.15, -0.1) is 0 Å². The van der Waals surface area contributed by atoms with Gasteiger partial charge >= 0.3 is 0 Å². The molecule has 0 atom stereocenters. The highest BCUT2D eigenvalue weighted by Crippen LogP contribution is 2.14. The number of nitrogens with two attached hydrogens (primary N) is 1. The Bertz CT molecular complexity index is 283. The van der Waals surface area contributed by atoms with Crippen LogP contribution in [0, 0.1) is 0 Å². The van der Waals surface area contributed by atoms with Gasteiger partial charge in [-0.25, -0.2) is 4.98 Å². The van der Waals surface area contributed by atoms with E-state index in [2.05, 4.69) is 10.3 Å². The molecule has 0 saturated carbocycles. The summed E-state index contributed by atoms with van der Waals surface area (Å²) in [5, 5.41) is 21.0. The minimum absolute atomic E-state index is 0.159. The van der Waals surface area contributed by atoms with Crippen molar-refractivity contribution in [1.29, 1.82) is 0 Å². The molecule has 0 bridgehead atoms. The second-order valence-corrected chi connectivity index (χ2v) is 3.47. The number of rotatable bonds is 4. The third kappa shape index (κ3) is 2.58. The molecule has 1 rings (SSSR count). The maximum atomic E-state index is 9.03. The van der Waals surface area contributed by atoms with Gasteiger partial charge in [0.05, 0.1) is 30.6 Å². The van der Waals surface area contributed by atoms with Crippen LogP contribution in [0.4, 0.5) is 11.5 Å². The average Bonchev–Trinajstić information content (AvgIpc) is 2.21. The third-order valence-electron chi connectivity index (χ3n) is 1.93. The van der Waals surface area contributed by atoms with E-state index in [9.17, 15) is 0 Å². The van der Waals surface area contributed by atoms with Gasteiger partial charge in [-0.1, -0.05) is 0 Å². The first kappa shape index (κ1) is 10.7. The number of aromatic nitrogens is 1. The van der Waals surface area contributed by atoms with Crippen molar-refractivity contribution in [3.63, 3.8) is 0 Å². The van der Waals surface area contributed by atoms with Gasteiger partial charge < -0.3 is 21.3 Å². The van der Waals surface area contributed by atoms with E-state index in [1.807, 2.05) is 0 Å². The first-order valence-corrected chi connectivity index (χ1v) is 4.31. The van der Waals surface area contributed by atoms with Gasteiger partial charge in [0.25, 0.3) is 0 Å². The Labute approximate surface area is 82.6 Å². The lowest BCUT2D eigenvalue weighted by Gasteiger charge is -2.27. The number of nitrogens with one attached hydrogen (secondary N) is 1. The number of hydrogen-bond acceptors (Lipinski definition) is 5. The zero-order chi connectivity index (χ0) is 10.6. The van der Waals surface area contributed by atoms with Crippen LogP contribution in [0.2, 0.25) is 0 Å². The largest absolute Gasteiger partial charge is 0.394 e. The summed E-state index contributed by atoms with van der Waals surface area (Å²) in [6.07, 6.45) is 1.55. The van der Waals surface area contributed by atoms with Crippen LogP contribution in [0.3, 0.4) is 0 Å². The SMILES string of the molecule is CC(CO)(CO)Nc1ccc(N)nc1. The number of anilines is 2. The monoisotopic (exact) mass is 197 g/mol. The summed E-state index contributed by atoms with van der Waals surface area (Å²) in [6, 6.07) is 3.39. The molecule has 5 N–H and O–H groups in total. The van der Waals surface area contributed by atoms with Crippen molar-refractivity contribution in [3.05, 3.63) is 18.3 Å². The molecule has 78 valence electrons. The van der Waals surface area contributed by atoms with E-state index in [1.54, 1.807) is 25.3 Å². The van der Waals surface area contributed by atoms with Crippen LogP contribution in [0.25, 0.3) is 0 Å². The Balaban J connectivity index is 2.72. The molecule has 0 radical (unpaired) electrons. The van der Waals surface area contributed by atoms with Gasteiger partial charge in [-0.3, -0.25) is 0 Å². The number of pyridine rings is 1. The summed E-state index contributed by atoms with van der Waals surface area (Å²) < 4.78 is 0. The summed E-state index contributed by atoms with van der Waals surface area (Å²) in [5.41, 5.74) is 5.39. The van der Waals surface area contributed by atoms with Gasteiger partial charge in [0.15, 0.2) is 0 Å². The van der Waals surface area contributed by atoms with E-state index in [0.717, 1.165) is 0 Å². The number of aliphatic hydroxyl groups excluding tert-OH is 2. The highest BCUT2D eigenvalue weighted by atomic mass is 16.3. The molecule has 1 aromatic rings. The first-order chi connectivity index (χ1) is 6.59. The Morgan fingerprint density at radius 3 is 2.50 bits per heavy atom. The van der Waals surface area contributed by atoms with Crippen molar-refractivity contribution in [1.82, 2.24) is 4.98 Å². The van der Waals surface area contributed by atoms with Crippen LogP contribution in [0.1, 0.15) is 6.92 Å². The van der Waals surface area contributed by atoms with Crippen molar-refractivity contribution < 1.29 is 10.2 Å². The van der Waals surface area contributed by atoms with Crippen LogP contribution in [0.15, 0.2) is 18.3 Å². The Hall–Kier alpha value is -1.33. The molecule has 1 aromatic heterocycles. The molecular formula is C9H15N3O2. The van der Waals surface area contributed by atoms with Crippen LogP contribution < -0.4 is 11.1 Å². The fourth-order valence-electron chi connectivity index (χ4n) is 0.957. The van der Waals surface area contributed by atoms with E-state index in [-0.39, 0.29) is 13.2 Å². The molecule has 0 amide bonds. The van der Waals surface area contributed by atoms with E-state index in [1.165, 1.54) is 0 Å². The van der Waals surface area contributed by atoms with Crippen molar-refractivity contribution in [2.75, 3.05) is 24.3 Å². The molecule has 0 unspecified atom stereocenters. The Morgan fingerprint density at radius 2 is 2.07 bits per heavy atom. The van der Waals surface area contributed by atoms with Crippen LogP contribution >= 0.6 is 0 Å². The molecule has 0 fully saturated rings. The average molecular weight is 197 g/mol. The quantitative estimate of drug-likeness (QED) is 0.537. The fourth-order valence-corrected chi connectivity index (χ4v) is 0.957. The zero-order valence-electron chi connectivity index (χ0n) is 8.07. The van der Waals surface area contributed by atoms with E-state index in [0.29, 0.717) is 11.5 Å². The Kier molecular flexibility index (Phi) is 3.27. The van der Waals surface area contributed by atoms with Gasteiger partial charge in [-0.2, -0.15) is 0 Å². The lowest BCUT2D eigenvalue weighted by atomic mass is 10.1. The van der Waals surface area contributed by atoms with Crippen LogP contribution in [-0.4, -0.2) is 33.9 Å². The minimum atomic E-state index is -0.738. The highest BCUT2D eigenvalue weighted by Gasteiger charge is 2.21. The molecule has 1 heterocycles. The normalized spacial score (nSPS) is 11.4. The highest BCUT2D eigenvalue weighted by molar-refractivity contribution is 5.47. The summed E-state index contributed by atoms with van der Waals surface area (Å²) >= 11 is 0. The molecule has 0 aliphatic carbocycles. The zero-order valence-corrected chi connectivity index (χ0v) is 8.07. The van der Waals surface area contributed by atoms with E-state index >= 15 is 0 Å². The summed E-state index contributed by atoms with van der Waals surface area (Å²) in [5.74, 6) is 0.435. The second-order valence-electron chi connectivity index (χ2n) is 3.47. The van der Waals surface area contributed by atoms with Crippen molar-refractivity contribution >= 4 is 11.5 Å². The second kappa shape index (κ2) is 4.26. The van der Waals surface area contributed by atoms with E-state index in [4.69, 9.17) is 15.9 Å². The lowest BCUT2D eigenvalue weighted by Crippen LogP contribution is -2.42. The molecule has 5 nitrogen and oxygen atoms in total. The Morgan fingerprint density at radius 1 is 1.43 bits per heavy atom. The predicted octanol–water partition coefficient (Wildman–Crippen LogP) is -0.181. The van der Waals surface area contributed by atoms with Crippen molar-refractivity contribution in [2.45, 2.75) is 12.5 Å². The number of aliphatic hydroxyl groups is 2. The molecule has 0 aliphatic rings. The summed E-state index contributed by atoms with van der Waals surface area (Å²) in [7, 11) is 0. The molecule has 0 spiro atoms. The number of nitrogen functional groups attached to an aromatic ring is 1. The molecule has 0 aliphatic heterocycles. The summed E-state index contributed by atoms with van der Waals surface area (Å²) in [4.78, 5) is 3.88.